The summed E-state index contributed by atoms with van der Waals surface area (Å²) in [5.74, 6) is 0.950. The number of anilines is 1. The van der Waals surface area contributed by atoms with Gasteiger partial charge in [-0.1, -0.05) is 42.0 Å². The van der Waals surface area contributed by atoms with Crippen LogP contribution in [0.2, 0.25) is 0 Å². The number of carbonyl (C=O) groups excluding carboxylic acids is 2. The molecule has 1 aromatic carbocycles. The molecule has 0 saturated heterocycles. The molecular weight excluding hydrogens is 508 g/mol. The minimum atomic E-state index is -0.401. The number of ether oxygens (including phenoxy) is 2. The van der Waals surface area contributed by atoms with Gasteiger partial charge in [0.1, 0.15) is 17.4 Å². The SMILES string of the molecule is C=CCn1c(COc2ccc(C)cc2C)nnc1SCC(=O)Nc1sc2c(c1C(=O)OC)CCCCC2. The van der Waals surface area contributed by atoms with E-state index in [0.29, 0.717) is 28.1 Å². The second-order valence-electron chi connectivity index (χ2n) is 8.95. The van der Waals surface area contributed by atoms with Crippen LogP contribution in [0.3, 0.4) is 0 Å². The minimum Gasteiger partial charge on any atom is -0.485 e. The molecule has 196 valence electrons. The van der Waals surface area contributed by atoms with Crippen LogP contribution in [0, 0.1) is 13.8 Å². The average molecular weight is 541 g/mol. The molecule has 1 N–H and O–H groups in total. The molecule has 3 aromatic rings. The number of nitrogens with zero attached hydrogens (tertiary/aromatic N) is 3. The molecule has 0 atom stereocenters. The first-order valence-corrected chi connectivity index (χ1v) is 14.1. The van der Waals surface area contributed by atoms with Gasteiger partial charge in [-0.25, -0.2) is 4.79 Å². The largest absolute Gasteiger partial charge is 0.485 e. The summed E-state index contributed by atoms with van der Waals surface area (Å²) in [4.78, 5) is 26.6. The Hall–Kier alpha value is -3.11. The van der Waals surface area contributed by atoms with Crippen molar-refractivity contribution in [1.82, 2.24) is 14.8 Å². The molecule has 0 unspecified atom stereocenters. The number of rotatable bonds is 10. The van der Waals surface area contributed by atoms with Crippen LogP contribution in [0.25, 0.3) is 0 Å². The van der Waals surface area contributed by atoms with Crippen LogP contribution >= 0.6 is 23.1 Å². The van der Waals surface area contributed by atoms with E-state index >= 15 is 0 Å². The van der Waals surface area contributed by atoms with E-state index in [-0.39, 0.29) is 18.3 Å². The monoisotopic (exact) mass is 540 g/mol. The molecule has 1 aliphatic rings. The van der Waals surface area contributed by atoms with Crippen molar-refractivity contribution in [2.75, 3.05) is 18.2 Å². The Morgan fingerprint density at radius 3 is 2.78 bits per heavy atom. The molecule has 10 heteroatoms. The van der Waals surface area contributed by atoms with Crippen LogP contribution in [0.1, 0.15) is 57.0 Å². The number of benzene rings is 1. The van der Waals surface area contributed by atoms with Gasteiger partial charge in [0, 0.05) is 11.4 Å². The van der Waals surface area contributed by atoms with E-state index in [1.54, 1.807) is 6.08 Å². The second kappa shape index (κ2) is 12.4. The number of aromatic nitrogens is 3. The molecular formula is C27H32N4O4S2. The number of thioether (sulfide) groups is 1. The molecule has 4 rings (SSSR count). The maximum Gasteiger partial charge on any atom is 0.341 e. The summed E-state index contributed by atoms with van der Waals surface area (Å²) in [7, 11) is 1.37. The van der Waals surface area contributed by atoms with Gasteiger partial charge in [0.25, 0.3) is 0 Å². The number of hydrogen-bond donors (Lipinski definition) is 1. The van der Waals surface area contributed by atoms with Gasteiger partial charge in [-0.15, -0.1) is 28.1 Å². The number of allylic oxidation sites excluding steroid dienone is 1. The summed E-state index contributed by atoms with van der Waals surface area (Å²) in [6.07, 6.45) is 6.78. The molecule has 0 spiro atoms. The van der Waals surface area contributed by atoms with Gasteiger partial charge in [-0.05, 0) is 56.7 Å². The molecule has 37 heavy (non-hydrogen) atoms. The van der Waals surface area contributed by atoms with Crippen molar-refractivity contribution in [3.8, 4) is 5.75 Å². The van der Waals surface area contributed by atoms with Gasteiger partial charge in [0.15, 0.2) is 11.0 Å². The first-order chi connectivity index (χ1) is 17.9. The Bertz CT molecular complexity index is 1300. The van der Waals surface area contributed by atoms with Crippen LogP contribution in [-0.4, -0.2) is 39.5 Å². The van der Waals surface area contributed by atoms with Crippen molar-refractivity contribution in [3.05, 3.63) is 63.8 Å². The molecule has 2 heterocycles. The summed E-state index contributed by atoms with van der Waals surface area (Å²) < 4.78 is 12.9. The van der Waals surface area contributed by atoms with E-state index in [4.69, 9.17) is 9.47 Å². The van der Waals surface area contributed by atoms with E-state index in [9.17, 15) is 9.59 Å². The lowest BCUT2D eigenvalue weighted by atomic mass is 10.1. The second-order valence-corrected chi connectivity index (χ2v) is 11.0. The summed E-state index contributed by atoms with van der Waals surface area (Å²) in [6, 6.07) is 6.03. The fourth-order valence-corrected chi connectivity index (χ4v) is 6.45. The Balaban J connectivity index is 1.43. The van der Waals surface area contributed by atoms with E-state index in [2.05, 4.69) is 28.2 Å². The lowest BCUT2D eigenvalue weighted by molar-refractivity contribution is -0.113. The number of nitrogens with one attached hydrogen (secondary N) is 1. The number of aryl methyl sites for hydroxylation is 3. The van der Waals surface area contributed by atoms with Crippen molar-refractivity contribution in [1.29, 1.82) is 0 Å². The smallest absolute Gasteiger partial charge is 0.341 e. The summed E-state index contributed by atoms with van der Waals surface area (Å²) in [5, 5.41) is 12.7. The fraction of sp³-hybridized carbons (Fsp3) is 0.407. The van der Waals surface area contributed by atoms with Crippen molar-refractivity contribution < 1.29 is 19.1 Å². The standard InChI is InChI=1S/C27H32N4O4S2/c1-5-13-31-22(15-35-20-12-11-17(2)14-18(20)3)29-30-27(31)36-16-23(32)28-25-24(26(33)34-4)19-9-7-6-8-10-21(19)37-25/h5,11-12,14H,1,6-10,13,15-16H2,2-4H3,(H,28,32). The van der Waals surface area contributed by atoms with E-state index in [1.165, 1.54) is 40.6 Å². The Morgan fingerprint density at radius 1 is 1.22 bits per heavy atom. The predicted octanol–water partition coefficient (Wildman–Crippen LogP) is 5.51. The zero-order chi connectivity index (χ0) is 26.4. The van der Waals surface area contributed by atoms with Gasteiger partial charge in [0.2, 0.25) is 5.91 Å². The number of fused-ring (bicyclic) bond motifs is 1. The highest BCUT2D eigenvalue weighted by Crippen LogP contribution is 2.38. The predicted molar refractivity (Wildman–Crippen MR) is 147 cm³/mol. The van der Waals surface area contributed by atoms with Gasteiger partial charge in [-0.2, -0.15) is 0 Å². The highest BCUT2D eigenvalue weighted by Gasteiger charge is 2.26. The van der Waals surface area contributed by atoms with Crippen LogP contribution in [0.4, 0.5) is 5.00 Å². The fourth-order valence-electron chi connectivity index (χ4n) is 4.39. The average Bonchev–Trinajstić information content (AvgIpc) is 3.33. The highest BCUT2D eigenvalue weighted by molar-refractivity contribution is 7.99. The third-order valence-corrected chi connectivity index (χ3v) is 8.36. The Morgan fingerprint density at radius 2 is 2.03 bits per heavy atom. The maximum atomic E-state index is 12.9. The minimum absolute atomic E-state index is 0.121. The molecule has 0 saturated carbocycles. The van der Waals surface area contributed by atoms with Crippen LogP contribution in [0.5, 0.6) is 5.75 Å². The molecule has 1 aliphatic carbocycles. The van der Waals surface area contributed by atoms with E-state index in [1.807, 2.05) is 30.5 Å². The zero-order valence-electron chi connectivity index (χ0n) is 21.5. The highest BCUT2D eigenvalue weighted by atomic mass is 32.2. The molecule has 1 amide bonds. The van der Waals surface area contributed by atoms with E-state index < -0.39 is 5.97 Å². The number of methoxy groups -OCH3 is 1. The van der Waals surface area contributed by atoms with Gasteiger partial charge in [-0.3, -0.25) is 9.36 Å². The van der Waals surface area contributed by atoms with Gasteiger partial charge in [0.05, 0.1) is 18.4 Å². The zero-order valence-corrected chi connectivity index (χ0v) is 23.1. The number of esters is 1. The summed E-state index contributed by atoms with van der Waals surface area (Å²) in [6.45, 7) is 8.63. The van der Waals surface area contributed by atoms with Crippen molar-refractivity contribution in [2.45, 2.75) is 64.3 Å². The molecule has 2 aromatic heterocycles. The number of carbonyl (C=O) groups is 2. The topological polar surface area (TPSA) is 95.3 Å². The molecule has 0 fully saturated rings. The summed E-state index contributed by atoms with van der Waals surface area (Å²) in [5.41, 5.74) is 3.76. The van der Waals surface area contributed by atoms with Crippen LogP contribution in [0.15, 0.2) is 36.0 Å². The van der Waals surface area contributed by atoms with Crippen molar-refractivity contribution >= 4 is 40.0 Å². The lowest BCUT2D eigenvalue weighted by Gasteiger charge is -2.11. The van der Waals surface area contributed by atoms with E-state index in [0.717, 1.165) is 49.0 Å². The third-order valence-electron chi connectivity index (χ3n) is 6.19. The molecule has 0 aliphatic heterocycles. The Kier molecular flexibility index (Phi) is 9.04. The molecule has 8 nitrogen and oxygen atoms in total. The van der Waals surface area contributed by atoms with Crippen molar-refractivity contribution in [2.24, 2.45) is 0 Å². The van der Waals surface area contributed by atoms with Crippen molar-refractivity contribution in [3.63, 3.8) is 0 Å². The normalized spacial score (nSPS) is 12.9. The Labute approximate surface area is 225 Å². The number of thiophene rings is 1. The molecule has 0 radical (unpaired) electrons. The van der Waals surface area contributed by atoms with Crippen LogP contribution < -0.4 is 10.1 Å². The number of amides is 1. The van der Waals surface area contributed by atoms with Crippen LogP contribution in [-0.2, 0) is 35.5 Å². The first kappa shape index (κ1) is 26.9. The molecule has 0 bridgehead atoms. The number of hydrogen-bond acceptors (Lipinski definition) is 8. The quantitative estimate of drug-likeness (QED) is 0.157. The third kappa shape index (κ3) is 6.42. The van der Waals surface area contributed by atoms with Gasteiger partial charge < -0.3 is 14.8 Å². The van der Waals surface area contributed by atoms with Gasteiger partial charge >= 0.3 is 5.97 Å². The first-order valence-electron chi connectivity index (χ1n) is 12.3. The summed E-state index contributed by atoms with van der Waals surface area (Å²) >= 11 is 2.77. The maximum absolute atomic E-state index is 12.9. The lowest BCUT2D eigenvalue weighted by Crippen LogP contribution is -2.17.